The summed E-state index contributed by atoms with van der Waals surface area (Å²) in [4.78, 5) is 16.6. The van der Waals surface area contributed by atoms with Gasteiger partial charge in [-0.1, -0.05) is 60.7 Å². The highest BCUT2D eigenvalue weighted by Crippen LogP contribution is 2.26. The molecule has 3 rings (SSSR count). The van der Waals surface area contributed by atoms with Crippen molar-refractivity contribution in [3.8, 4) is 0 Å². The van der Waals surface area contributed by atoms with Gasteiger partial charge in [0.1, 0.15) is 0 Å². The van der Waals surface area contributed by atoms with E-state index in [1.54, 1.807) is 0 Å². The molecule has 150 valence electrons. The van der Waals surface area contributed by atoms with Crippen molar-refractivity contribution in [1.82, 2.24) is 15.1 Å². The number of hydrogen-bond acceptors (Lipinski definition) is 3. The molecule has 1 fully saturated rings. The van der Waals surface area contributed by atoms with Crippen LogP contribution in [0.15, 0.2) is 60.7 Å². The molecule has 1 aliphatic carbocycles. The molecule has 1 saturated carbocycles. The van der Waals surface area contributed by atoms with Gasteiger partial charge in [-0.2, -0.15) is 0 Å². The van der Waals surface area contributed by atoms with E-state index in [0.29, 0.717) is 18.6 Å². The maximum atomic E-state index is 12.1. The molecule has 1 aliphatic rings. The van der Waals surface area contributed by atoms with Gasteiger partial charge in [-0.15, -0.1) is 0 Å². The minimum Gasteiger partial charge on any atom is -0.352 e. The Bertz CT molecular complexity index is 668. The Hall–Kier alpha value is -2.17. The first kappa shape index (κ1) is 20.6. The van der Waals surface area contributed by atoms with Crippen molar-refractivity contribution >= 4 is 5.91 Å². The van der Waals surface area contributed by atoms with Crippen molar-refractivity contribution in [2.24, 2.45) is 0 Å². The monoisotopic (exact) mass is 379 g/mol. The Morgan fingerprint density at radius 2 is 1.36 bits per heavy atom. The number of nitrogens with one attached hydrogen (secondary N) is 1. The number of nitrogens with zero attached hydrogens (tertiary/aromatic N) is 2. The van der Waals surface area contributed by atoms with Gasteiger partial charge in [0.15, 0.2) is 0 Å². The Morgan fingerprint density at radius 3 is 1.82 bits per heavy atom. The molecule has 0 atom stereocenters. The van der Waals surface area contributed by atoms with Crippen molar-refractivity contribution in [3.63, 3.8) is 0 Å². The SMILES string of the molecule is CN(C)CC(=O)NC1CCC(N(Cc2ccccc2)Cc2ccccc2)CC1. The summed E-state index contributed by atoms with van der Waals surface area (Å²) in [7, 11) is 3.86. The van der Waals surface area contributed by atoms with Crippen LogP contribution in [-0.4, -0.2) is 48.4 Å². The lowest BCUT2D eigenvalue weighted by atomic mass is 9.89. The number of benzene rings is 2. The van der Waals surface area contributed by atoms with Gasteiger partial charge in [0, 0.05) is 25.2 Å². The molecule has 4 heteroatoms. The minimum atomic E-state index is 0.138. The molecule has 0 aliphatic heterocycles. The largest absolute Gasteiger partial charge is 0.352 e. The van der Waals surface area contributed by atoms with Gasteiger partial charge in [0.25, 0.3) is 0 Å². The number of rotatable bonds is 8. The number of amides is 1. The van der Waals surface area contributed by atoms with Crippen LogP contribution in [-0.2, 0) is 17.9 Å². The van der Waals surface area contributed by atoms with E-state index in [2.05, 4.69) is 70.9 Å². The van der Waals surface area contributed by atoms with Crippen LogP contribution < -0.4 is 5.32 Å². The maximum Gasteiger partial charge on any atom is 0.234 e. The molecule has 0 radical (unpaired) electrons. The van der Waals surface area contributed by atoms with Crippen LogP contribution in [0.1, 0.15) is 36.8 Å². The second-order valence-corrected chi connectivity index (χ2v) is 8.19. The van der Waals surface area contributed by atoms with Gasteiger partial charge in [0.05, 0.1) is 6.54 Å². The van der Waals surface area contributed by atoms with Crippen molar-refractivity contribution in [1.29, 1.82) is 0 Å². The number of carbonyl (C=O) groups excluding carboxylic acids is 1. The summed E-state index contributed by atoms with van der Waals surface area (Å²) in [6.07, 6.45) is 4.38. The molecule has 0 spiro atoms. The van der Waals surface area contributed by atoms with Gasteiger partial charge in [-0.25, -0.2) is 0 Å². The Labute approximate surface area is 169 Å². The fourth-order valence-corrected chi connectivity index (χ4v) is 4.10. The Kier molecular flexibility index (Phi) is 7.63. The summed E-state index contributed by atoms with van der Waals surface area (Å²) in [5, 5.41) is 3.21. The zero-order valence-corrected chi connectivity index (χ0v) is 17.2. The van der Waals surface area contributed by atoms with E-state index < -0.39 is 0 Å². The smallest absolute Gasteiger partial charge is 0.234 e. The van der Waals surface area contributed by atoms with Gasteiger partial charge in [-0.3, -0.25) is 9.69 Å². The molecular formula is C24H33N3O. The molecule has 2 aromatic carbocycles. The van der Waals surface area contributed by atoms with E-state index in [-0.39, 0.29) is 5.91 Å². The topological polar surface area (TPSA) is 35.6 Å². The zero-order valence-electron chi connectivity index (χ0n) is 17.2. The third-order valence-electron chi connectivity index (χ3n) is 5.50. The fraction of sp³-hybridized carbons (Fsp3) is 0.458. The standard InChI is InChI=1S/C24H33N3O/c1-26(2)19-24(28)25-22-13-15-23(16-14-22)27(17-20-9-5-3-6-10-20)18-21-11-7-4-8-12-21/h3-12,22-23H,13-19H2,1-2H3,(H,25,28). The minimum absolute atomic E-state index is 0.138. The first-order valence-corrected chi connectivity index (χ1v) is 10.4. The number of likely N-dealkylation sites (N-methyl/N-ethyl adjacent to an activating group) is 1. The molecule has 28 heavy (non-hydrogen) atoms. The van der Waals surface area contributed by atoms with Crippen molar-refractivity contribution < 1.29 is 4.79 Å². The molecule has 1 amide bonds. The van der Waals surface area contributed by atoms with Gasteiger partial charge in [-0.05, 0) is 50.9 Å². The lowest BCUT2D eigenvalue weighted by Crippen LogP contribution is -2.45. The lowest BCUT2D eigenvalue weighted by Gasteiger charge is -2.37. The van der Waals surface area contributed by atoms with Crippen LogP contribution >= 0.6 is 0 Å². The second kappa shape index (κ2) is 10.4. The summed E-state index contributed by atoms with van der Waals surface area (Å²) >= 11 is 0. The summed E-state index contributed by atoms with van der Waals surface area (Å²) in [6.45, 7) is 2.41. The first-order valence-electron chi connectivity index (χ1n) is 10.4. The van der Waals surface area contributed by atoms with E-state index in [9.17, 15) is 4.79 Å². The molecule has 2 aromatic rings. The molecule has 0 unspecified atom stereocenters. The van der Waals surface area contributed by atoms with E-state index in [4.69, 9.17) is 0 Å². The van der Waals surface area contributed by atoms with Crippen molar-refractivity contribution in [2.75, 3.05) is 20.6 Å². The van der Waals surface area contributed by atoms with Crippen LogP contribution in [0.25, 0.3) is 0 Å². The summed E-state index contributed by atoms with van der Waals surface area (Å²) in [6, 6.07) is 22.4. The molecule has 0 bridgehead atoms. The fourth-order valence-electron chi connectivity index (χ4n) is 4.10. The van der Waals surface area contributed by atoms with E-state index in [0.717, 1.165) is 38.8 Å². The van der Waals surface area contributed by atoms with E-state index in [1.807, 2.05) is 19.0 Å². The van der Waals surface area contributed by atoms with Crippen molar-refractivity contribution in [3.05, 3.63) is 71.8 Å². The first-order chi connectivity index (χ1) is 13.6. The summed E-state index contributed by atoms with van der Waals surface area (Å²) in [5.41, 5.74) is 2.72. The quantitative estimate of drug-likeness (QED) is 0.760. The molecule has 4 nitrogen and oxygen atoms in total. The highest BCUT2D eigenvalue weighted by Gasteiger charge is 2.27. The average Bonchev–Trinajstić information content (AvgIpc) is 2.69. The molecule has 0 aromatic heterocycles. The Morgan fingerprint density at radius 1 is 0.857 bits per heavy atom. The third kappa shape index (κ3) is 6.47. The molecule has 0 saturated heterocycles. The predicted octanol–water partition coefficient (Wildman–Crippen LogP) is 3.68. The van der Waals surface area contributed by atoms with E-state index in [1.165, 1.54) is 11.1 Å². The summed E-state index contributed by atoms with van der Waals surface area (Å²) in [5.74, 6) is 0.138. The summed E-state index contributed by atoms with van der Waals surface area (Å²) < 4.78 is 0. The van der Waals surface area contributed by atoms with Crippen LogP contribution in [0, 0.1) is 0 Å². The molecular weight excluding hydrogens is 346 g/mol. The van der Waals surface area contributed by atoms with Crippen LogP contribution in [0.2, 0.25) is 0 Å². The predicted molar refractivity (Wildman–Crippen MR) is 115 cm³/mol. The number of carbonyl (C=O) groups is 1. The number of hydrogen-bond donors (Lipinski definition) is 1. The van der Waals surface area contributed by atoms with Gasteiger partial charge in [0.2, 0.25) is 5.91 Å². The van der Waals surface area contributed by atoms with Gasteiger partial charge < -0.3 is 10.2 Å². The van der Waals surface area contributed by atoms with E-state index >= 15 is 0 Å². The normalized spacial score (nSPS) is 19.7. The average molecular weight is 380 g/mol. The highest BCUT2D eigenvalue weighted by atomic mass is 16.2. The van der Waals surface area contributed by atoms with Crippen LogP contribution in [0.4, 0.5) is 0 Å². The van der Waals surface area contributed by atoms with Crippen LogP contribution in [0.5, 0.6) is 0 Å². The Balaban J connectivity index is 1.60. The van der Waals surface area contributed by atoms with Crippen molar-refractivity contribution in [2.45, 2.75) is 50.9 Å². The lowest BCUT2D eigenvalue weighted by molar-refractivity contribution is -0.122. The highest BCUT2D eigenvalue weighted by molar-refractivity contribution is 5.78. The van der Waals surface area contributed by atoms with Crippen LogP contribution in [0.3, 0.4) is 0 Å². The molecule has 0 heterocycles. The van der Waals surface area contributed by atoms with Gasteiger partial charge >= 0.3 is 0 Å². The second-order valence-electron chi connectivity index (χ2n) is 8.19. The zero-order chi connectivity index (χ0) is 19.8. The maximum absolute atomic E-state index is 12.1. The third-order valence-corrected chi connectivity index (χ3v) is 5.50. The molecule has 1 N–H and O–H groups in total.